The number of ether oxygens (including phenoxy) is 2. The molecule has 0 radical (unpaired) electrons. The number of carbonyl (C=O) groups excluding carboxylic acids is 2. The van der Waals surface area contributed by atoms with Crippen molar-refractivity contribution < 1.29 is 19.1 Å². The van der Waals surface area contributed by atoms with Gasteiger partial charge in [-0.05, 0) is 49.1 Å². The van der Waals surface area contributed by atoms with Gasteiger partial charge in [-0.2, -0.15) is 0 Å². The van der Waals surface area contributed by atoms with Crippen LogP contribution in [0.2, 0.25) is 0 Å². The SMILES string of the molecule is Cc1ccccc1CNC(=O)C1CCN(C(=O)c2ccc3c(c2)OCO3)CC1. The predicted molar refractivity (Wildman–Crippen MR) is 104 cm³/mol. The lowest BCUT2D eigenvalue weighted by molar-refractivity contribution is -0.126. The highest BCUT2D eigenvalue weighted by atomic mass is 16.7. The molecule has 2 amide bonds. The molecular weight excluding hydrogens is 356 g/mol. The van der Waals surface area contributed by atoms with Gasteiger partial charge < -0.3 is 19.7 Å². The van der Waals surface area contributed by atoms with E-state index < -0.39 is 0 Å². The van der Waals surface area contributed by atoms with Crippen molar-refractivity contribution >= 4 is 11.8 Å². The number of amides is 2. The Bertz CT molecular complexity index is 888. The van der Waals surface area contributed by atoms with Crippen molar-refractivity contribution in [3.8, 4) is 11.5 Å². The molecule has 6 nitrogen and oxygen atoms in total. The molecule has 1 fully saturated rings. The molecule has 0 spiro atoms. The molecule has 0 saturated carbocycles. The van der Waals surface area contributed by atoms with Crippen LogP contribution in [0.1, 0.15) is 34.3 Å². The van der Waals surface area contributed by atoms with Crippen molar-refractivity contribution in [3.05, 3.63) is 59.2 Å². The van der Waals surface area contributed by atoms with E-state index in [1.165, 1.54) is 5.56 Å². The zero-order valence-corrected chi connectivity index (χ0v) is 15.9. The molecule has 2 aromatic carbocycles. The third kappa shape index (κ3) is 3.81. The summed E-state index contributed by atoms with van der Waals surface area (Å²) in [5.41, 5.74) is 2.89. The summed E-state index contributed by atoms with van der Waals surface area (Å²) in [6, 6.07) is 13.3. The molecule has 28 heavy (non-hydrogen) atoms. The Labute approximate surface area is 164 Å². The minimum absolute atomic E-state index is 0.0305. The van der Waals surface area contributed by atoms with E-state index in [1.54, 1.807) is 18.2 Å². The van der Waals surface area contributed by atoms with Gasteiger partial charge in [-0.15, -0.1) is 0 Å². The van der Waals surface area contributed by atoms with E-state index in [0.717, 1.165) is 5.56 Å². The van der Waals surface area contributed by atoms with E-state index in [1.807, 2.05) is 36.1 Å². The molecule has 2 heterocycles. The van der Waals surface area contributed by atoms with Gasteiger partial charge in [0.1, 0.15) is 0 Å². The average molecular weight is 380 g/mol. The zero-order valence-electron chi connectivity index (χ0n) is 15.9. The van der Waals surface area contributed by atoms with Crippen LogP contribution >= 0.6 is 0 Å². The second kappa shape index (κ2) is 7.92. The van der Waals surface area contributed by atoms with Gasteiger partial charge in [0.05, 0.1) is 0 Å². The molecule has 4 rings (SSSR count). The summed E-state index contributed by atoms with van der Waals surface area (Å²) < 4.78 is 10.6. The fourth-order valence-corrected chi connectivity index (χ4v) is 3.69. The number of rotatable bonds is 4. The van der Waals surface area contributed by atoms with Crippen LogP contribution in [-0.4, -0.2) is 36.6 Å². The second-order valence-electron chi connectivity index (χ2n) is 7.28. The smallest absolute Gasteiger partial charge is 0.253 e. The number of nitrogens with zero attached hydrogens (tertiary/aromatic N) is 1. The Kier molecular flexibility index (Phi) is 5.19. The standard InChI is InChI=1S/C22H24N2O4/c1-15-4-2-3-5-18(15)13-23-21(25)16-8-10-24(11-9-16)22(26)17-6-7-19-20(12-17)28-14-27-19/h2-7,12,16H,8-11,13-14H2,1H3,(H,23,25). The molecule has 0 aliphatic carbocycles. The summed E-state index contributed by atoms with van der Waals surface area (Å²) >= 11 is 0. The fourth-order valence-electron chi connectivity index (χ4n) is 3.69. The summed E-state index contributed by atoms with van der Waals surface area (Å²) in [5, 5.41) is 3.04. The molecule has 0 atom stereocenters. The van der Waals surface area contributed by atoms with Crippen molar-refractivity contribution in [2.24, 2.45) is 5.92 Å². The highest BCUT2D eigenvalue weighted by molar-refractivity contribution is 5.95. The normalized spacial score (nSPS) is 16.1. The van der Waals surface area contributed by atoms with Crippen LogP contribution < -0.4 is 14.8 Å². The molecule has 1 N–H and O–H groups in total. The van der Waals surface area contributed by atoms with Crippen LogP contribution in [0, 0.1) is 12.8 Å². The van der Waals surface area contributed by atoms with Crippen molar-refractivity contribution in [3.63, 3.8) is 0 Å². The first-order chi connectivity index (χ1) is 13.6. The Morgan fingerprint density at radius 2 is 1.82 bits per heavy atom. The number of likely N-dealkylation sites (tertiary alicyclic amines) is 1. The number of fused-ring (bicyclic) bond motifs is 1. The number of benzene rings is 2. The zero-order chi connectivity index (χ0) is 19.5. The highest BCUT2D eigenvalue weighted by Gasteiger charge is 2.28. The number of aryl methyl sites for hydroxylation is 1. The van der Waals surface area contributed by atoms with E-state index in [-0.39, 0.29) is 24.5 Å². The first-order valence-corrected chi connectivity index (χ1v) is 9.63. The van der Waals surface area contributed by atoms with Gasteiger partial charge in [-0.25, -0.2) is 0 Å². The Morgan fingerprint density at radius 1 is 1.07 bits per heavy atom. The molecule has 1 saturated heterocycles. The van der Waals surface area contributed by atoms with Crippen molar-refractivity contribution in [1.82, 2.24) is 10.2 Å². The minimum Gasteiger partial charge on any atom is -0.454 e. The molecular formula is C22H24N2O4. The van der Waals surface area contributed by atoms with Crippen LogP contribution in [-0.2, 0) is 11.3 Å². The molecule has 146 valence electrons. The lowest BCUT2D eigenvalue weighted by Gasteiger charge is -2.31. The maximum Gasteiger partial charge on any atom is 0.253 e. The van der Waals surface area contributed by atoms with E-state index in [4.69, 9.17) is 9.47 Å². The number of hydrogen-bond donors (Lipinski definition) is 1. The highest BCUT2D eigenvalue weighted by Crippen LogP contribution is 2.33. The number of piperidine rings is 1. The Hall–Kier alpha value is -3.02. The quantitative estimate of drug-likeness (QED) is 0.886. The molecule has 0 bridgehead atoms. The molecule has 2 aliphatic heterocycles. The van der Waals surface area contributed by atoms with Crippen molar-refractivity contribution in [2.75, 3.05) is 19.9 Å². The summed E-state index contributed by atoms with van der Waals surface area (Å²) in [6.07, 6.45) is 1.35. The maximum absolute atomic E-state index is 12.8. The van der Waals surface area contributed by atoms with Gasteiger partial charge in [-0.1, -0.05) is 24.3 Å². The van der Waals surface area contributed by atoms with Crippen LogP contribution in [0.4, 0.5) is 0 Å². The number of hydrogen-bond acceptors (Lipinski definition) is 4. The minimum atomic E-state index is -0.0511. The van der Waals surface area contributed by atoms with Crippen LogP contribution in [0.25, 0.3) is 0 Å². The molecule has 0 unspecified atom stereocenters. The Balaban J connectivity index is 1.30. The lowest BCUT2D eigenvalue weighted by atomic mass is 9.95. The van der Waals surface area contributed by atoms with Gasteiger partial charge in [0.25, 0.3) is 5.91 Å². The fraction of sp³-hybridized carbons (Fsp3) is 0.364. The van der Waals surface area contributed by atoms with Gasteiger partial charge in [-0.3, -0.25) is 9.59 Å². The first-order valence-electron chi connectivity index (χ1n) is 9.63. The topological polar surface area (TPSA) is 67.9 Å². The number of carbonyl (C=O) groups is 2. The lowest BCUT2D eigenvalue weighted by Crippen LogP contribution is -2.43. The van der Waals surface area contributed by atoms with E-state index >= 15 is 0 Å². The summed E-state index contributed by atoms with van der Waals surface area (Å²) in [4.78, 5) is 27.1. The second-order valence-corrected chi connectivity index (χ2v) is 7.28. The summed E-state index contributed by atoms with van der Waals surface area (Å²) in [5.74, 6) is 1.26. The van der Waals surface area contributed by atoms with E-state index in [2.05, 4.69) is 5.32 Å². The van der Waals surface area contributed by atoms with Gasteiger partial charge in [0.2, 0.25) is 12.7 Å². The van der Waals surface area contributed by atoms with Crippen LogP contribution in [0.5, 0.6) is 11.5 Å². The average Bonchev–Trinajstić information content (AvgIpc) is 3.20. The molecule has 0 aromatic heterocycles. The molecule has 6 heteroatoms. The predicted octanol–water partition coefficient (Wildman–Crippen LogP) is 2.89. The monoisotopic (exact) mass is 380 g/mol. The largest absolute Gasteiger partial charge is 0.454 e. The maximum atomic E-state index is 12.8. The Morgan fingerprint density at radius 3 is 2.61 bits per heavy atom. The molecule has 2 aromatic rings. The third-order valence-corrected chi connectivity index (χ3v) is 5.49. The number of nitrogens with one attached hydrogen (secondary N) is 1. The van der Waals surface area contributed by atoms with Crippen LogP contribution in [0.3, 0.4) is 0 Å². The van der Waals surface area contributed by atoms with Gasteiger partial charge in [0, 0.05) is 31.1 Å². The summed E-state index contributed by atoms with van der Waals surface area (Å²) in [7, 11) is 0. The third-order valence-electron chi connectivity index (χ3n) is 5.49. The van der Waals surface area contributed by atoms with Gasteiger partial charge >= 0.3 is 0 Å². The molecule has 2 aliphatic rings. The first kappa shape index (κ1) is 18.3. The van der Waals surface area contributed by atoms with E-state index in [0.29, 0.717) is 49.5 Å². The van der Waals surface area contributed by atoms with Crippen molar-refractivity contribution in [1.29, 1.82) is 0 Å². The van der Waals surface area contributed by atoms with Gasteiger partial charge in [0.15, 0.2) is 11.5 Å². The van der Waals surface area contributed by atoms with Crippen LogP contribution in [0.15, 0.2) is 42.5 Å². The summed E-state index contributed by atoms with van der Waals surface area (Å²) in [6.45, 7) is 3.94. The van der Waals surface area contributed by atoms with E-state index in [9.17, 15) is 9.59 Å². The van der Waals surface area contributed by atoms with Crippen molar-refractivity contribution in [2.45, 2.75) is 26.3 Å².